The number of benzene rings is 1. The maximum atomic E-state index is 11.4. The van der Waals surface area contributed by atoms with Crippen LogP contribution in [-0.4, -0.2) is 38.8 Å². The highest BCUT2D eigenvalue weighted by Gasteiger charge is 2.13. The number of sulfone groups is 1. The number of carbonyl (C=O) groups is 1. The van der Waals surface area contributed by atoms with Crippen molar-refractivity contribution >= 4 is 21.5 Å². The van der Waals surface area contributed by atoms with Gasteiger partial charge in [0.2, 0.25) is 0 Å². The van der Waals surface area contributed by atoms with Gasteiger partial charge in [0.25, 0.3) is 0 Å². The van der Waals surface area contributed by atoms with Crippen LogP contribution in [0, 0.1) is 5.92 Å². The lowest BCUT2D eigenvalue weighted by molar-refractivity contribution is -0.135. The summed E-state index contributed by atoms with van der Waals surface area (Å²) in [5, 5.41) is 8.90. The average molecular weight is 285 g/mol. The Morgan fingerprint density at radius 3 is 2.16 bits per heavy atom. The molecule has 6 heteroatoms. The van der Waals surface area contributed by atoms with Gasteiger partial charge in [0.05, 0.1) is 4.90 Å². The molecule has 0 atom stereocenters. The van der Waals surface area contributed by atoms with Crippen LogP contribution in [0.5, 0.6) is 0 Å². The van der Waals surface area contributed by atoms with Crippen LogP contribution in [0.1, 0.15) is 13.8 Å². The quantitative estimate of drug-likeness (QED) is 0.860. The van der Waals surface area contributed by atoms with Gasteiger partial charge < -0.3 is 10.0 Å². The van der Waals surface area contributed by atoms with E-state index in [1.165, 1.54) is 12.1 Å². The lowest BCUT2D eigenvalue weighted by atomic mass is 10.2. The molecule has 19 heavy (non-hydrogen) atoms. The van der Waals surface area contributed by atoms with Gasteiger partial charge in [-0.1, -0.05) is 13.8 Å². The number of rotatable bonds is 6. The fraction of sp³-hybridized carbons (Fsp3) is 0.462. The van der Waals surface area contributed by atoms with Gasteiger partial charge in [0.15, 0.2) is 9.84 Å². The molecular weight excluding hydrogens is 266 g/mol. The average Bonchev–Trinajstić information content (AvgIpc) is 2.26. The molecule has 0 spiro atoms. The van der Waals surface area contributed by atoms with Crippen LogP contribution in [0.4, 0.5) is 5.69 Å². The molecule has 0 aromatic heterocycles. The van der Waals surface area contributed by atoms with Crippen molar-refractivity contribution in [2.75, 3.05) is 24.2 Å². The van der Waals surface area contributed by atoms with Gasteiger partial charge in [0.1, 0.15) is 6.54 Å². The minimum atomic E-state index is -3.23. The Labute approximate surface area is 113 Å². The van der Waals surface area contributed by atoms with E-state index in [0.29, 0.717) is 18.2 Å². The summed E-state index contributed by atoms with van der Waals surface area (Å²) < 4.78 is 22.7. The Morgan fingerprint density at radius 2 is 1.79 bits per heavy atom. The van der Waals surface area contributed by atoms with Crippen molar-refractivity contribution in [3.63, 3.8) is 0 Å². The zero-order chi connectivity index (χ0) is 14.6. The van der Waals surface area contributed by atoms with Crippen molar-refractivity contribution in [1.29, 1.82) is 0 Å². The summed E-state index contributed by atoms with van der Waals surface area (Å²) >= 11 is 0. The number of hydrogen-bond acceptors (Lipinski definition) is 4. The van der Waals surface area contributed by atoms with Gasteiger partial charge in [-0.25, -0.2) is 8.42 Å². The van der Waals surface area contributed by atoms with Gasteiger partial charge >= 0.3 is 5.97 Å². The molecule has 106 valence electrons. The van der Waals surface area contributed by atoms with Crippen LogP contribution < -0.4 is 4.90 Å². The largest absolute Gasteiger partial charge is 0.480 e. The Balaban J connectivity index is 3.00. The van der Waals surface area contributed by atoms with Crippen molar-refractivity contribution in [2.45, 2.75) is 18.7 Å². The Bertz CT molecular complexity index is 534. The van der Waals surface area contributed by atoms with Gasteiger partial charge in [-0.05, 0) is 30.2 Å². The maximum Gasteiger partial charge on any atom is 0.323 e. The standard InChI is InChI=1S/C13H19NO4S/c1-10(2)8-14(9-13(15)16)11-4-6-12(7-5-11)19(3,17)18/h4-7,10H,8-9H2,1-3H3,(H,15,16). The van der Waals surface area contributed by atoms with Crippen LogP contribution in [0.2, 0.25) is 0 Å². The first-order valence-corrected chi connectivity index (χ1v) is 7.86. The molecule has 0 saturated heterocycles. The molecule has 0 bridgehead atoms. The molecule has 0 radical (unpaired) electrons. The number of carboxylic acid groups (broad SMARTS) is 1. The number of nitrogens with zero attached hydrogens (tertiary/aromatic N) is 1. The normalized spacial score (nSPS) is 11.6. The van der Waals surface area contributed by atoms with E-state index in [4.69, 9.17) is 5.11 Å². The fourth-order valence-corrected chi connectivity index (χ4v) is 2.40. The molecule has 1 N–H and O–H groups in total. The smallest absolute Gasteiger partial charge is 0.323 e. The first kappa shape index (κ1) is 15.5. The summed E-state index contributed by atoms with van der Waals surface area (Å²) in [7, 11) is -3.23. The van der Waals surface area contributed by atoms with E-state index in [2.05, 4.69) is 0 Å². The van der Waals surface area contributed by atoms with Crippen LogP contribution >= 0.6 is 0 Å². The van der Waals surface area contributed by atoms with Crippen LogP contribution in [0.25, 0.3) is 0 Å². The summed E-state index contributed by atoms with van der Waals surface area (Å²) in [4.78, 5) is 12.8. The summed E-state index contributed by atoms with van der Waals surface area (Å²) in [5.41, 5.74) is 0.712. The lowest BCUT2D eigenvalue weighted by Crippen LogP contribution is -2.32. The summed E-state index contributed by atoms with van der Waals surface area (Å²) in [6.07, 6.45) is 1.14. The van der Waals surface area contributed by atoms with E-state index < -0.39 is 15.8 Å². The van der Waals surface area contributed by atoms with Crippen molar-refractivity contribution < 1.29 is 18.3 Å². The molecule has 0 unspecified atom stereocenters. The van der Waals surface area contributed by atoms with E-state index in [1.807, 2.05) is 13.8 Å². The van der Waals surface area contributed by atoms with E-state index >= 15 is 0 Å². The molecule has 0 amide bonds. The number of hydrogen-bond donors (Lipinski definition) is 1. The molecule has 0 aliphatic heterocycles. The second-order valence-electron chi connectivity index (χ2n) is 4.93. The molecule has 0 saturated carbocycles. The molecule has 0 aliphatic carbocycles. The Kier molecular flexibility index (Phi) is 4.94. The van der Waals surface area contributed by atoms with E-state index in [9.17, 15) is 13.2 Å². The van der Waals surface area contributed by atoms with Crippen molar-refractivity contribution in [2.24, 2.45) is 5.92 Å². The molecular formula is C13H19NO4S. The molecule has 0 heterocycles. The van der Waals surface area contributed by atoms with Gasteiger partial charge in [-0.15, -0.1) is 0 Å². The number of anilines is 1. The van der Waals surface area contributed by atoms with Gasteiger partial charge in [-0.3, -0.25) is 4.79 Å². The summed E-state index contributed by atoms with van der Waals surface area (Å²) in [6.45, 7) is 4.50. The number of aliphatic carboxylic acids is 1. The van der Waals surface area contributed by atoms with Crippen molar-refractivity contribution in [3.05, 3.63) is 24.3 Å². The third-order valence-corrected chi connectivity index (χ3v) is 3.67. The molecule has 1 aromatic rings. The SMILES string of the molecule is CC(C)CN(CC(=O)O)c1ccc(S(C)(=O)=O)cc1. The molecule has 5 nitrogen and oxygen atoms in total. The second kappa shape index (κ2) is 6.06. The van der Waals surface area contributed by atoms with Crippen LogP contribution in [0.15, 0.2) is 29.2 Å². The molecule has 1 rings (SSSR count). The van der Waals surface area contributed by atoms with Crippen molar-refractivity contribution in [3.8, 4) is 0 Å². The predicted octanol–water partition coefficient (Wildman–Crippen LogP) is 1.64. The third-order valence-electron chi connectivity index (χ3n) is 2.54. The minimum absolute atomic E-state index is 0.101. The molecule has 1 aromatic carbocycles. The topological polar surface area (TPSA) is 74.7 Å². The third kappa shape index (κ3) is 4.90. The van der Waals surface area contributed by atoms with Crippen LogP contribution in [-0.2, 0) is 14.6 Å². The summed E-state index contributed by atoms with van der Waals surface area (Å²) in [5.74, 6) is -0.596. The van der Waals surface area contributed by atoms with E-state index in [-0.39, 0.29) is 11.4 Å². The highest BCUT2D eigenvalue weighted by atomic mass is 32.2. The van der Waals surface area contributed by atoms with Crippen LogP contribution in [0.3, 0.4) is 0 Å². The van der Waals surface area contributed by atoms with E-state index in [1.54, 1.807) is 17.0 Å². The van der Waals surface area contributed by atoms with Gasteiger partial charge in [0, 0.05) is 18.5 Å². The zero-order valence-corrected chi connectivity index (χ0v) is 12.1. The number of carboxylic acids is 1. The van der Waals surface area contributed by atoms with E-state index in [0.717, 1.165) is 6.26 Å². The first-order valence-electron chi connectivity index (χ1n) is 5.97. The second-order valence-corrected chi connectivity index (χ2v) is 6.95. The van der Waals surface area contributed by atoms with Gasteiger partial charge in [-0.2, -0.15) is 0 Å². The highest BCUT2D eigenvalue weighted by molar-refractivity contribution is 7.90. The maximum absolute atomic E-state index is 11.4. The predicted molar refractivity (Wildman–Crippen MR) is 74.2 cm³/mol. The molecule has 0 aliphatic rings. The minimum Gasteiger partial charge on any atom is -0.480 e. The lowest BCUT2D eigenvalue weighted by Gasteiger charge is -2.25. The molecule has 0 fully saturated rings. The zero-order valence-electron chi connectivity index (χ0n) is 11.3. The monoisotopic (exact) mass is 285 g/mol. The fourth-order valence-electron chi connectivity index (χ4n) is 1.77. The summed E-state index contributed by atoms with van der Waals surface area (Å²) in [6, 6.07) is 6.28. The first-order chi connectivity index (χ1) is 8.70. The highest BCUT2D eigenvalue weighted by Crippen LogP contribution is 2.19. The Hall–Kier alpha value is -1.56. The van der Waals surface area contributed by atoms with Crippen molar-refractivity contribution in [1.82, 2.24) is 0 Å². The Morgan fingerprint density at radius 1 is 1.26 bits per heavy atom.